The van der Waals surface area contributed by atoms with Gasteiger partial charge in [0.25, 0.3) is 0 Å². The number of carbonyl (C=O) groups excluding carboxylic acids is 1. The Balaban J connectivity index is 1.93. The van der Waals surface area contributed by atoms with Crippen LogP contribution in [-0.4, -0.2) is 47.3 Å². The molecule has 2 rings (SSSR count). The molecule has 0 aromatic heterocycles. The number of alkyl halides is 3. The molecule has 23 heavy (non-hydrogen) atoms. The molecule has 1 aliphatic rings. The van der Waals surface area contributed by atoms with Crippen molar-refractivity contribution < 1.29 is 14.3 Å². The standard InChI is InChI=1S/C14H16Cl4N2O3/c15-11-4-2-1-3-10(11)9-23-13(21)19-12(14(16,17)18)20-5-7-22-8-6-20/h1-4,12H,5-9H2,(H,19,21)/t12-/m1/s1. The Morgan fingerprint density at radius 3 is 2.57 bits per heavy atom. The van der Waals surface area contributed by atoms with E-state index in [0.717, 1.165) is 0 Å². The molecular weight excluding hydrogens is 386 g/mol. The Bertz CT molecular complexity index is 533. The van der Waals surface area contributed by atoms with Crippen LogP contribution in [0.5, 0.6) is 0 Å². The fourth-order valence-corrected chi connectivity index (χ4v) is 2.90. The third-order valence-corrected chi connectivity index (χ3v) is 4.28. The summed E-state index contributed by atoms with van der Waals surface area (Å²) >= 11 is 23.9. The van der Waals surface area contributed by atoms with Gasteiger partial charge in [-0.2, -0.15) is 0 Å². The third-order valence-electron chi connectivity index (χ3n) is 3.29. The summed E-state index contributed by atoms with van der Waals surface area (Å²) < 4.78 is 8.72. The second-order valence-electron chi connectivity index (χ2n) is 4.90. The Labute approximate surface area is 154 Å². The summed E-state index contributed by atoms with van der Waals surface area (Å²) in [5.74, 6) is 0. The molecule has 0 radical (unpaired) electrons. The van der Waals surface area contributed by atoms with E-state index in [4.69, 9.17) is 55.9 Å². The molecule has 1 atom stereocenters. The SMILES string of the molecule is O=C(N[C@H](N1CCOCC1)C(Cl)(Cl)Cl)OCc1ccccc1Cl. The van der Waals surface area contributed by atoms with Gasteiger partial charge in [-0.05, 0) is 6.07 Å². The molecule has 0 unspecified atom stereocenters. The molecule has 1 amide bonds. The van der Waals surface area contributed by atoms with Crippen molar-refractivity contribution in [3.8, 4) is 0 Å². The number of nitrogens with one attached hydrogen (secondary N) is 1. The molecule has 128 valence electrons. The zero-order valence-electron chi connectivity index (χ0n) is 12.1. The second-order valence-corrected chi connectivity index (χ2v) is 7.68. The molecule has 0 spiro atoms. The number of hydrogen-bond acceptors (Lipinski definition) is 4. The van der Waals surface area contributed by atoms with Gasteiger partial charge in [-0.25, -0.2) is 4.79 Å². The summed E-state index contributed by atoms with van der Waals surface area (Å²) in [6.07, 6.45) is -1.50. The van der Waals surface area contributed by atoms with Crippen LogP contribution >= 0.6 is 46.4 Å². The van der Waals surface area contributed by atoms with E-state index >= 15 is 0 Å². The number of rotatable bonds is 4. The van der Waals surface area contributed by atoms with Gasteiger partial charge in [0.15, 0.2) is 0 Å². The number of amides is 1. The van der Waals surface area contributed by atoms with Crippen LogP contribution in [0.3, 0.4) is 0 Å². The normalized spacial score (nSPS) is 17.6. The van der Waals surface area contributed by atoms with Crippen molar-refractivity contribution in [3.63, 3.8) is 0 Å². The topological polar surface area (TPSA) is 50.8 Å². The maximum absolute atomic E-state index is 12.0. The van der Waals surface area contributed by atoms with E-state index in [1.54, 1.807) is 24.3 Å². The van der Waals surface area contributed by atoms with Crippen molar-refractivity contribution in [3.05, 3.63) is 34.9 Å². The third kappa shape index (κ3) is 5.85. The van der Waals surface area contributed by atoms with Crippen LogP contribution < -0.4 is 5.32 Å². The molecule has 1 fully saturated rings. The van der Waals surface area contributed by atoms with Gasteiger partial charge >= 0.3 is 6.09 Å². The van der Waals surface area contributed by atoms with E-state index in [2.05, 4.69) is 5.32 Å². The van der Waals surface area contributed by atoms with Crippen LogP contribution in [0.4, 0.5) is 4.79 Å². The lowest BCUT2D eigenvalue weighted by molar-refractivity contribution is 0.00867. The molecule has 0 saturated carbocycles. The molecule has 1 aromatic carbocycles. The van der Waals surface area contributed by atoms with E-state index in [-0.39, 0.29) is 6.61 Å². The fourth-order valence-electron chi connectivity index (χ4n) is 2.13. The van der Waals surface area contributed by atoms with Crippen molar-refractivity contribution in [2.45, 2.75) is 16.6 Å². The van der Waals surface area contributed by atoms with Crippen LogP contribution in [0.1, 0.15) is 5.56 Å². The monoisotopic (exact) mass is 400 g/mol. The predicted octanol–water partition coefficient (Wildman–Crippen LogP) is 3.59. The average Bonchev–Trinajstić information content (AvgIpc) is 2.51. The molecule has 1 N–H and O–H groups in total. The minimum atomic E-state index is -1.69. The molecule has 0 aliphatic carbocycles. The quantitative estimate of drug-likeness (QED) is 0.783. The number of benzene rings is 1. The Morgan fingerprint density at radius 1 is 1.30 bits per heavy atom. The van der Waals surface area contributed by atoms with Gasteiger partial charge in [0.1, 0.15) is 12.8 Å². The maximum atomic E-state index is 12.0. The van der Waals surface area contributed by atoms with Gasteiger partial charge < -0.3 is 14.8 Å². The number of alkyl carbamates (subject to hydrolysis) is 1. The molecule has 0 bridgehead atoms. The van der Waals surface area contributed by atoms with Crippen molar-refractivity contribution >= 4 is 52.5 Å². The number of carbonyl (C=O) groups is 1. The summed E-state index contributed by atoms with van der Waals surface area (Å²) in [6, 6.07) is 7.09. The largest absolute Gasteiger partial charge is 0.445 e. The van der Waals surface area contributed by atoms with Gasteiger partial charge in [-0.3, -0.25) is 4.90 Å². The number of hydrogen-bond donors (Lipinski definition) is 1. The van der Waals surface area contributed by atoms with Crippen molar-refractivity contribution in [2.75, 3.05) is 26.3 Å². The lowest BCUT2D eigenvalue weighted by Crippen LogP contribution is -2.58. The highest BCUT2D eigenvalue weighted by Gasteiger charge is 2.39. The first-order chi connectivity index (χ1) is 10.9. The summed E-state index contributed by atoms with van der Waals surface area (Å²) in [5.41, 5.74) is 0.695. The van der Waals surface area contributed by atoms with Gasteiger partial charge in [0.05, 0.1) is 13.2 Å². The van der Waals surface area contributed by atoms with Crippen LogP contribution in [0.2, 0.25) is 5.02 Å². The lowest BCUT2D eigenvalue weighted by atomic mass is 10.2. The number of halogens is 4. The van der Waals surface area contributed by atoms with Gasteiger partial charge in [0.2, 0.25) is 3.79 Å². The first kappa shape index (κ1) is 18.9. The van der Waals surface area contributed by atoms with E-state index in [0.29, 0.717) is 36.9 Å². The molecule has 5 nitrogen and oxygen atoms in total. The van der Waals surface area contributed by atoms with Crippen LogP contribution in [-0.2, 0) is 16.1 Å². The lowest BCUT2D eigenvalue weighted by Gasteiger charge is -2.37. The van der Waals surface area contributed by atoms with Crippen molar-refractivity contribution in [1.29, 1.82) is 0 Å². The number of nitrogens with zero attached hydrogens (tertiary/aromatic N) is 1. The summed E-state index contributed by atoms with van der Waals surface area (Å²) in [7, 11) is 0. The first-order valence-electron chi connectivity index (χ1n) is 6.93. The molecular formula is C14H16Cl4N2O3. The van der Waals surface area contributed by atoms with E-state index in [1.165, 1.54) is 0 Å². The van der Waals surface area contributed by atoms with E-state index < -0.39 is 16.1 Å². The predicted molar refractivity (Wildman–Crippen MR) is 91.2 cm³/mol. The second kappa shape index (κ2) is 8.60. The molecule has 1 heterocycles. The average molecular weight is 402 g/mol. The van der Waals surface area contributed by atoms with Crippen LogP contribution in [0.15, 0.2) is 24.3 Å². The zero-order valence-corrected chi connectivity index (χ0v) is 15.1. The zero-order chi connectivity index (χ0) is 16.9. The van der Waals surface area contributed by atoms with E-state index in [1.807, 2.05) is 4.90 Å². The Hall–Kier alpha value is -0.430. The molecule has 9 heteroatoms. The van der Waals surface area contributed by atoms with Gasteiger partial charge in [-0.15, -0.1) is 0 Å². The smallest absolute Gasteiger partial charge is 0.408 e. The first-order valence-corrected chi connectivity index (χ1v) is 8.44. The summed E-state index contributed by atoms with van der Waals surface area (Å²) in [4.78, 5) is 13.8. The highest BCUT2D eigenvalue weighted by Crippen LogP contribution is 2.32. The van der Waals surface area contributed by atoms with Crippen LogP contribution in [0.25, 0.3) is 0 Å². The molecule has 1 saturated heterocycles. The highest BCUT2D eigenvalue weighted by atomic mass is 35.6. The molecule has 1 aromatic rings. The number of ether oxygens (including phenoxy) is 2. The Kier molecular flexibility index (Phi) is 7.07. The van der Waals surface area contributed by atoms with Crippen molar-refractivity contribution in [1.82, 2.24) is 10.2 Å². The van der Waals surface area contributed by atoms with Crippen molar-refractivity contribution in [2.24, 2.45) is 0 Å². The highest BCUT2D eigenvalue weighted by molar-refractivity contribution is 6.68. The Morgan fingerprint density at radius 2 is 1.96 bits per heavy atom. The summed E-state index contributed by atoms with van der Waals surface area (Å²) in [6.45, 7) is 2.13. The minimum Gasteiger partial charge on any atom is -0.445 e. The summed E-state index contributed by atoms with van der Waals surface area (Å²) in [5, 5.41) is 3.11. The maximum Gasteiger partial charge on any atom is 0.408 e. The fraction of sp³-hybridized carbons (Fsp3) is 0.500. The molecule has 1 aliphatic heterocycles. The van der Waals surface area contributed by atoms with Crippen LogP contribution in [0, 0.1) is 0 Å². The van der Waals surface area contributed by atoms with Gasteiger partial charge in [-0.1, -0.05) is 64.6 Å². The van der Waals surface area contributed by atoms with E-state index in [9.17, 15) is 4.79 Å². The van der Waals surface area contributed by atoms with Gasteiger partial charge in [0, 0.05) is 23.7 Å². The minimum absolute atomic E-state index is 0.0290. The number of morpholine rings is 1.